The number of hydrogen-bond donors (Lipinski definition) is 1. The Morgan fingerprint density at radius 1 is 1.44 bits per heavy atom. The molecule has 1 aliphatic rings. The van der Waals surface area contributed by atoms with Gasteiger partial charge in [0.15, 0.2) is 0 Å². The Morgan fingerprint density at radius 2 is 2.11 bits per heavy atom. The highest BCUT2D eigenvalue weighted by atomic mass is 32.2. The third-order valence-electron chi connectivity index (χ3n) is 3.42. The molecule has 1 aliphatic heterocycles. The van der Waals surface area contributed by atoms with Gasteiger partial charge in [-0.25, -0.2) is 13.4 Å². The van der Waals surface area contributed by atoms with E-state index in [1.807, 2.05) is 12.3 Å². The quantitative estimate of drug-likeness (QED) is 0.918. The minimum atomic E-state index is -2.84. The predicted molar refractivity (Wildman–Crippen MR) is 74.7 cm³/mol. The summed E-state index contributed by atoms with van der Waals surface area (Å²) in [6, 6.07) is 0. The lowest BCUT2D eigenvalue weighted by atomic mass is 9.92. The van der Waals surface area contributed by atoms with E-state index in [4.69, 9.17) is 0 Å². The van der Waals surface area contributed by atoms with Crippen molar-refractivity contribution in [3.8, 4) is 0 Å². The normalized spacial score (nSPS) is 21.9. The molecule has 1 N–H and O–H groups in total. The summed E-state index contributed by atoms with van der Waals surface area (Å²) in [6.45, 7) is 5.00. The predicted octanol–water partition coefficient (Wildman–Crippen LogP) is 1.86. The molecule has 0 aromatic carbocycles. The Labute approximate surface area is 113 Å². The summed E-state index contributed by atoms with van der Waals surface area (Å²) in [5, 5.41) is 6.62. The molecule has 2 rings (SSSR count). The minimum absolute atomic E-state index is 0.222. The average Bonchev–Trinajstić information content (AvgIpc) is 2.76. The molecule has 4 nitrogen and oxygen atoms in total. The zero-order chi connectivity index (χ0) is 13.2. The van der Waals surface area contributed by atoms with Gasteiger partial charge in [-0.2, -0.15) is 0 Å². The van der Waals surface area contributed by atoms with Crippen LogP contribution >= 0.6 is 11.3 Å². The highest BCUT2D eigenvalue weighted by Gasteiger charge is 2.40. The monoisotopic (exact) mass is 288 g/mol. The van der Waals surface area contributed by atoms with Crippen molar-refractivity contribution in [1.29, 1.82) is 0 Å². The molecule has 0 spiro atoms. The van der Waals surface area contributed by atoms with Gasteiger partial charge in [-0.15, -0.1) is 11.3 Å². The van der Waals surface area contributed by atoms with E-state index in [0.29, 0.717) is 12.8 Å². The third kappa shape index (κ3) is 2.92. The molecule has 0 unspecified atom stereocenters. The van der Waals surface area contributed by atoms with E-state index in [-0.39, 0.29) is 17.0 Å². The van der Waals surface area contributed by atoms with Crippen molar-refractivity contribution >= 4 is 21.2 Å². The molecule has 6 heteroatoms. The maximum Gasteiger partial charge on any atom is 0.150 e. The Kier molecular flexibility index (Phi) is 4.08. The smallest absolute Gasteiger partial charge is 0.150 e. The largest absolute Gasteiger partial charge is 0.305 e. The molecule has 0 aliphatic carbocycles. The van der Waals surface area contributed by atoms with Crippen molar-refractivity contribution in [2.45, 2.75) is 38.6 Å². The molecule has 1 aromatic rings. The van der Waals surface area contributed by atoms with E-state index < -0.39 is 9.84 Å². The van der Waals surface area contributed by atoms with Gasteiger partial charge in [-0.1, -0.05) is 6.92 Å². The fourth-order valence-corrected chi connectivity index (χ4v) is 4.85. The number of nitrogens with zero attached hydrogens (tertiary/aromatic N) is 1. The molecule has 18 heavy (non-hydrogen) atoms. The lowest BCUT2D eigenvalue weighted by molar-refractivity contribution is 0.299. The Balaban J connectivity index is 2.25. The van der Waals surface area contributed by atoms with Gasteiger partial charge in [0, 0.05) is 11.1 Å². The van der Waals surface area contributed by atoms with Gasteiger partial charge >= 0.3 is 0 Å². The second kappa shape index (κ2) is 5.27. The molecular formula is C12H20N2O2S2. The number of aryl methyl sites for hydroxylation is 1. The number of nitrogens with one attached hydrogen (secondary N) is 1. The zero-order valence-corrected chi connectivity index (χ0v) is 12.5. The SMILES string of the molecule is CCCNC1(c2nc(C)cs2)CCS(=O)(=O)CC1. The van der Waals surface area contributed by atoms with E-state index in [1.165, 1.54) is 0 Å². The fraction of sp³-hybridized carbons (Fsp3) is 0.750. The summed E-state index contributed by atoms with van der Waals surface area (Å²) in [7, 11) is -2.84. The van der Waals surface area contributed by atoms with Gasteiger partial charge in [0.25, 0.3) is 0 Å². The van der Waals surface area contributed by atoms with Gasteiger partial charge in [0.2, 0.25) is 0 Å². The topological polar surface area (TPSA) is 59.1 Å². The van der Waals surface area contributed by atoms with Crippen LogP contribution in [0.25, 0.3) is 0 Å². The number of rotatable bonds is 4. The van der Waals surface area contributed by atoms with Crippen LogP contribution in [0.1, 0.15) is 36.9 Å². The van der Waals surface area contributed by atoms with Crippen molar-refractivity contribution < 1.29 is 8.42 Å². The van der Waals surface area contributed by atoms with Crippen molar-refractivity contribution in [1.82, 2.24) is 10.3 Å². The van der Waals surface area contributed by atoms with Gasteiger partial charge in [-0.3, -0.25) is 0 Å². The summed E-state index contributed by atoms with van der Waals surface area (Å²) in [4.78, 5) is 4.57. The minimum Gasteiger partial charge on any atom is -0.305 e. The van der Waals surface area contributed by atoms with Crippen LogP contribution < -0.4 is 5.32 Å². The Hall–Kier alpha value is -0.460. The van der Waals surface area contributed by atoms with Gasteiger partial charge in [0.1, 0.15) is 14.8 Å². The molecule has 0 amide bonds. The van der Waals surface area contributed by atoms with Crippen molar-refractivity contribution in [3.05, 3.63) is 16.1 Å². The lowest BCUT2D eigenvalue weighted by Gasteiger charge is -2.36. The molecule has 0 atom stereocenters. The highest BCUT2D eigenvalue weighted by molar-refractivity contribution is 7.91. The maximum atomic E-state index is 11.6. The number of aromatic nitrogens is 1. The molecule has 1 aromatic heterocycles. The fourth-order valence-electron chi connectivity index (χ4n) is 2.29. The van der Waals surface area contributed by atoms with E-state index in [2.05, 4.69) is 17.2 Å². The third-order valence-corrected chi connectivity index (χ3v) is 6.24. The van der Waals surface area contributed by atoms with Crippen molar-refractivity contribution in [2.75, 3.05) is 18.1 Å². The molecule has 1 fully saturated rings. The first-order chi connectivity index (χ1) is 8.47. The Bertz CT molecular complexity index is 494. The first-order valence-electron chi connectivity index (χ1n) is 6.35. The lowest BCUT2D eigenvalue weighted by Crippen LogP contribution is -2.48. The maximum absolute atomic E-state index is 11.6. The van der Waals surface area contributed by atoms with Crippen LogP contribution in [0.15, 0.2) is 5.38 Å². The summed E-state index contributed by atoms with van der Waals surface area (Å²) in [6.07, 6.45) is 2.32. The molecule has 0 saturated carbocycles. The molecule has 102 valence electrons. The molecule has 0 radical (unpaired) electrons. The van der Waals surface area contributed by atoms with E-state index in [0.717, 1.165) is 23.7 Å². The van der Waals surface area contributed by atoms with E-state index >= 15 is 0 Å². The first-order valence-corrected chi connectivity index (χ1v) is 9.06. The zero-order valence-electron chi connectivity index (χ0n) is 10.9. The first kappa shape index (κ1) is 14.0. The van der Waals surface area contributed by atoms with Crippen LogP contribution in [-0.4, -0.2) is 31.5 Å². The van der Waals surface area contributed by atoms with E-state index in [1.54, 1.807) is 11.3 Å². The van der Waals surface area contributed by atoms with E-state index in [9.17, 15) is 8.42 Å². The number of sulfone groups is 1. The van der Waals surface area contributed by atoms with Crippen LogP contribution in [-0.2, 0) is 15.4 Å². The Morgan fingerprint density at radius 3 is 2.61 bits per heavy atom. The van der Waals surface area contributed by atoms with Gasteiger partial charge in [-0.05, 0) is 32.7 Å². The second-order valence-electron chi connectivity index (χ2n) is 4.95. The summed E-state index contributed by atoms with van der Waals surface area (Å²) in [5.41, 5.74) is 0.793. The summed E-state index contributed by atoms with van der Waals surface area (Å²) in [5.74, 6) is 0.532. The van der Waals surface area contributed by atoms with Crippen LogP contribution in [0, 0.1) is 6.92 Å². The van der Waals surface area contributed by atoms with Crippen molar-refractivity contribution in [2.24, 2.45) is 0 Å². The molecule has 1 saturated heterocycles. The van der Waals surface area contributed by atoms with Crippen LogP contribution in [0.3, 0.4) is 0 Å². The highest BCUT2D eigenvalue weighted by Crippen LogP contribution is 2.35. The van der Waals surface area contributed by atoms with Crippen LogP contribution in [0.4, 0.5) is 0 Å². The standard InChI is InChI=1S/C12H20N2O2S2/c1-3-6-13-12(11-14-10(2)9-17-11)4-7-18(15,16)8-5-12/h9,13H,3-8H2,1-2H3. The second-order valence-corrected chi connectivity index (χ2v) is 8.12. The number of hydrogen-bond acceptors (Lipinski definition) is 5. The van der Waals surface area contributed by atoms with Crippen LogP contribution in [0.2, 0.25) is 0 Å². The molecule has 2 heterocycles. The summed E-state index contributed by atoms with van der Waals surface area (Å²) < 4.78 is 23.2. The number of thiazole rings is 1. The summed E-state index contributed by atoms with van der Waals surface area (Å²) >= 11 is 1.64. The van der Waals surface area contributed by atoms with Crippen LogP contribution in [0.5, 0.6) is 0 Å². The van der Waals surface area contributed by atoms with Crippen molar-refractivity contribution in [3.63, 3.8) is 0 Å². The van der Waals surface area contributed by atoms with Gasteiger partial charge < -0.3 is 5.32 Å². The van der Waals surface area contributed by atoms with Gasteiger partial charge in [0.05, 0.1) is 17.0 Å². The molecule has 0 bridgehead atoms. The average molecular weight is 288 g/mol. The molecular weight excluding hydrogens is 268 g/mol.